The van der Waals surface area contributed by atoms with Crippen LogP contribution in [-0.2, 0) is 17.9 Å². The quantitative estimate of drug-likeness (QED) is 0.0826. The van der Waals surface area contributed by atoms with E-state index in [0.29, 0.717) is 35.2 Å². The number of para-hydroxylation sites is 2. The Hall–Kier alpha value is -5.76. The molecule has 0 saturated carbocycles. The van der Waals surface area contributed by atoms with Crippen molar-refractivity contribution in [1.82, 2.24) is 24.2 Å². The zero-order valence-corrected chi connectivity index (χ0v) is 33.5. The van der Waals surface area contributed by atoms with Crippen LogP contribution in [0, 0.1) is 6.92 Å². The molecule has 0 aliphatic heterocycles. The maximum atomic E-state index is 13.2. The van der Waals surface area contributed by atoms with Gasteiger partial charge in [-0.3, -0.25) is 24.0 Å². The number of ether oxygens (including phenoxy) is 1. The Balaban J connectivity index is 0.000000190. The van der Waals surface area contributed by atoms with Crippen LogP contribution in [0.2, 0.25) is 0 Å². The minimum absolute atomic E-state index is 0.0537. The van der Waals surface area contributed by atoms with Gasteiger partial charge in [0.15, 0.2) is 5.78 Å². The lowest BCUT2D eigenvalue weighted by molar-refractivity contribution is -0.0758. The molecular weight excluding hydrogens is 830 g/mol. The molecule has 3 aromatic carbocycles. The van der Waals surface area contributed by atoms with Crippen LogP contribution in [0.25, 0.3) is 21.8 Å². The summed E-state index contributed by atoms with van der Waals surface area (Å²) in [6.07, 6.45) is 3.19. The van der Waals surface area contributed by atoms with Crippen molar-refractivity contribution in [2.75, 3.05) is 21.3 Å². The number of halogens is 2. The van der Waals surface area contributed by atoms with Gasteiger partial charge in [-0.1, -0.05) is 36.4 Å². The summed E-state index contributed by atoms with van der Waals surface area (Å²) in [4.78, 5) is 65.4. The van der Waals surface area contributed by atoms with E-state index in [9.17, 15) is 19.2 Å². The average molecular weight is 866 g/mol. The average Bonchev–Trinajstić information content (AvgIpc) is 3.19. The van der Waals surface area contributed by atoms with Gasteiger partial charge in [0.05, 0.1) is 55.3 Å². The van der Waals surface area contributed by atoms with Crippen molar-refractivity contribution in [1.29, 1.82) is 0 Å². The van der Waals surface area contributed by atoms with Crippen LogP contribution in [0.4, 0.5) is 0 Å². The van der Waals surface area contributed by atoms with Gasteiger partial charge in [0.1, 0.15) is 20.5 Å². The molecule has 0 spiro atoms. The number of ketones is 1. The van der Waals surface area contributed by atoms with E-state index < -0.39 is 5.91 Å². The first-order chi connectivity index (χ1) is 26.5. The molecule has 13 heteroatoms. The predicted molar refractivity (Wildman–Crippen MR) is 219 cm³/mol. The Morgan fingerprint density at radius 1 is 0.691 bits per heavy atom. The van der Waals surface area contributed by atoms with Gasteiger partial charge in [-0.2, -0.15) is 0 Å². The van der Waals surface area contributed by atoms with Crippen molar-refractivity contribution in [3.8, 4) is 5.75 Å². The normalized spacial score (nSPS) is 10.9. The second-order valence-electron chi connectivity index (χ2n) is 12.4. The van der Waals surface area contributed by atoms with Crippen LogP contribution in [-0.4, -0.2) is 57.1 Å². The highest BCUT2D eigenvalue weighted by Crippen LogP contribution is 2.22. The monoisotopic (exact) mass is 863 g/mol. The van der Waals surface area contributed by atoms with Crippen molar-refractivity contribution in [2.24, 2.45) is 0 Å². The number of hydrogen-bond acceptors (Lipinski definition) is 8. The lowest BCUT2D eigenvalue weighted by atomic mass is 10.0. The summed E-state index contributed by atoms with van der Waals surface area (Å²) in [5, 5.41) is 2.02. The molecule has 0 bridgehead atoms. The standard InChI is InChI=1S/C24H19BrN2O3.C18H16BrN3O3/c1-15-12-16(10-11-21(15)30-2)23(28)19-14-27(13-17-6-5-9-22(25)26-17)20-8-4-3-7-18(20)24(19)29;1-21(25-2)18(24)14-11-22(10-12-6-5-9-16(19)20-12)15-8-4-3-7-13(15)17(14)23/h3-12,14H,13H2,1-2H3;3-9,11H,10H2,1-2H3. The van der Waals surface area contributed by atoms with Crippen molar-refractivity contribution >= 4 is 65.4 Å². The SMILES string of the molecule is CON(C)C(=O)c1cn(Cc2cccc(Br)n2)c2ccccc2c1=O.COc1ccc(C(=O)c2cn(Cc3cccc(Br)n3)c3ccccc3c2=O)cc1C. The first-order valence-corrected chi connectivity index (χ1v) is 18.6. The van der Waals surface area contributed by atoms with Gasteiger partial charge in [-0.05, 0) is 111 Å². The van der Waals surface area contributed by atoms with Crippen molar-refractivity contribution in [3.05, 3.63) is 179 Å². The third-order valence-corrected chi connectivity index (χ3v) is 9.76. The number of carbonyl (C=O) groups is 2. The molecule has 55 heavy (non-hydrogen) atoms. The maximum absolute atomic E-state index is 13.2. The van der Waals surface area contributed by atoms with Crippen LogP contribution in [0.3, 0.4) is 0 Å². The number of rotatable bonds is 9. The zero-order chi connectivity index (χ0) is 39.2. The van der Waals surface area contributed by atoms with Crippen molar-refractivity contribution in [2.45, 2.75) is 20.0 Å². The number of nitrogens with zero attached hydrogens (tertiary/aromatic N) is 5. The summed E-state index contributed by atoms with van der Waals surface area (Å²) < 4.78 is 10.5. The molecule has 7 rings (SSSR count). The topological polar surface area (TPSA) is 126 Å². The fourth-order valence-corrected chi connectivity index (χ4v) is 6.88. The van der Waals surface area contributed by atoms with E-state index in [1.165, 1.54) is 14.2 Å². The summed E-state index contributed by atoms with van der Waals surface area (Å²) >= 11 is 6.74. The molecule has 1 amide bonds. The first-order valence-electron chi connectivity index (χ1n) is 17.0. The second-order valence-corrected chi connectivity index (χ2v) is 14.1. The first kappa shape index (κ1) is 38.9. The predicted octanol–water partition coefficient (Wildman–Crippen LogP) is 7.60. The fourth-order valence-electron chi connectivity index (χ4n) is 6.12. The number of pyridine rings is 4. The highest BCUT2D eigenvalue weighted by molar-refractivity contribution is 9.10. The molecule has 0 aliphatic carbocycles. The minimum Gasteiger partial charge on any atom is -0.496 e. The number of carbonyl (C=O) groups excluding carboxylic acids is 2. The van der Waals surface area contributed by atoms with Crippen molar-refractivity contribution in [3.63, 3.8) is 0 Å². The number of methoxy groups -OCH3 is 1. The Morgan fingerprint density at radius 2 is 1.20 bits per heavy atom. The fraction of sp³-hybridized carbons (Fsp3) is 0.143. The summed E-state index contributed by atoms with van der Waals surface area (Å²) in [5.41, 5.74) is 4.00. The molecule has 11 nitrogen and oxygen atoms in total. The molecule has 278 valence electrons. The van der Waals surface area contributed by atoms with E-state index in [4.69, 9.17) is 9.57 Å². The van der Waals surface area contributed by atoms with Gasteiger partial charge in [-0.15, -0.1) is 0 Å². The summed E-state index contributed by atoms with van der Waals surface area (Å²) in [7, 11) is 4.43. The lowest BCUT2D eigenvalue weighted by Gasteiger charge is -2.16. The number of aromatic nitrogens is 4. The third kappa shape index (κ3) is 8.64. The Bertz CT molecular complexity index is 2690. The van der Waals surface area contributed by atoms with Gasteiger partial charge in [-0.25, -0.2) is 15.0 Å². The zero-order valence-electron chi connectivity index (χ0n) is 30.3. The molecule has 7 aromatic rings. The molecular formula is C42H35Br2N5O6. The van der Waals surface area contributed by atoms with Gasteiger partial charge in [0.25, 0.3) is 5.91 Å². The largest absolute Gasteiger partial charge is 0.496 e. The van der Waals surface area contributed by atoms with Crippen LogP contribution in [0.1, 0.15) is 43.2 Å². The number of benzene rings is 3. The van der Waals surface area contributed by atoms with E-state index in [1.807, 2.05) is 76.7 Å². The lowest BCUT2D eigenvalue weighted by Crippen LogP contribution is -2.31. The van der Waals surface area contributed by atoms with Crippen LogP contribution in [0.5, 0.6) is 5.75 Å². The van der Waals surface area contributed by atoms with Crippen LogP contribution >= 0.6 is 31.9 Å². The Morgan fingerprint density at radius 3 is 1.69 bits per heavy atom. The number of hydroxylamine groups is 2. The van der Waals surface area contributed by atoms with Gasteiger partial charge in [0.2, 0.25) is 10.9 Å². The molecule has 0 N–H and O–H groups in total. The molecule has 0 radical (unpaired) electrons. The molecule has 0 fully saturated rings. The number of fused-ring (bicyclic) bond motifs is 2. The molecule has 0 atom stereocenters. The van der Waals surface area contributed by atoms with E-state index in [1.54, 1.807) is 62.0 Å². The Kier molecular flexibility index (Phi) is 12.1. The molecule has 0 aliphatic rings. The maximum Gasteiger partial charge on any atom is 0.282 e. The van der Waals surface area contributed by atoms with E-state index in [-0.39, 0.29) is 27.8 Å². The summed E-state index contributed by atoms with van der Waals surface area (Å²) in [6.45, 7) is 2.73. The van der Waals surface area contributed by atoms with E-state index >= 15 is 0 Å². The molecule has 0 unspecified atom stereocenters. The van der Waals surface area contributed by atoms with Gasteiger partial charge < -0.3 is 13.9 Å². The van der Waals surface area contributed by atoms with Crippen LogP contribution in [0.15, 0.2) is 134 Å². The van der Waals surface area contributed by atoms with E-state index in [0.717, 1.165) is 42.3 Å². The number of hydrogen-bond donors (Lipinski definition) is 0. The molecule has 4 aromatic heterocycles. The highest BCUT2D eigenvalue weighted by atomic mass is 79.9. The van der Waals surface area contributed by atoms with Gasteiger partial charge >= 0.3 is 0 Å². The molecule has 4 heterocycles. The summed E-state index contributed by atoms with van der Waals surface area (Å²) in [6, 6.07) is 31.0. The third-order valence-electron chi connectivity index (χ3n) is 8.88. The van der Waals surface area contributed by atoms with Gasteiger partial charge in [0, 0.05) is 35.8 Å². The summed E-state index contributed by atoms with van der Waals surface area (Å²) in [5.74, 6) is -0.107. The number of amides is 1. The Labute approximate surface area is 333 Å². The number of aryl methyl sites for hydroxylation is 1. The smallest absolute Gasteiger partial charge is 0.282 e. The second kappa shape index (κ2) is 17.1. The highest BCUT2D eigenvalue weighted by Gasteiger charge is 2.20. The van der Waals surface area contributed by atoms with Crippen LogP contribution < -0.4 is 15.6 Å². The molecule has 0 saturated heterocycles. The van der Waals surface area contributed by atoms with Crippen molar-refractivity contribution < 1.29 is 19.2 Å². The van der Waals surface area contributed by atoms with E-state index in [2.05, 4.69) is 41.8 Å². The minimum atomic E-state index is -0.491.